The lowest BCUT2D eigenvalue weighted by atomic mass is 10.1. The molecule has 0 spiro atoms. The Bertz CT molecular complexity index is 429. The molecule has 1 aromatic rings. The number of halogens is 1. The van der Waals surface area contributed by atoms with Crippen molar-refractivity contribution in [2.45, 2.75) is 6.42 Å². The minimum absolute atomic E-state index is 0.0395. The summed E-state index contributed by atoms with van der Waals surface area (Å²) in [5, 5.41) is 18.4. The van der Waals surface area contributed by atoms with Crippen molar-refractivity contribution in [1.82, 2.24) is 0 Å². The van der Waals surface area contributed by atoms with Gasteiger partial charge in [0.2, 0.25) is 6.79 Å². The summed E-state index contributed by atoms with van der Waals surface area (Å²) in [4.78, 5) is 10.6. The molecule has 15 heavy (non-hydrogen) atoms. The van der Waals surface area contributed by atoms with Gasteiger partial charge >= 0.3 is 5.97 Å². The number of hydrogen-bond acceptors (Lipinski definition) is 4. The first-order valence-corrected chi connectivity index (χ1v) is 4.90. The number of carboxylic acid groups (broad SMARTS) is 1. The van der Waals surface area contributed by atoms with E-state index in [0.29, 0.717) is 16.0 Å². The van der Waals surface area contributed by atoms with E-state index in [4.69, 9.17) is 14.6 Å². The lowest BCUT2D eigenvalue weighted by Gasteiger charge is -2.07. The summed E-state index contributed by atoms with van der Waals surface area (Å²) in [6, 6.07) is 1.54. The van der Waals surface area contributed by atoms with Crippen molar-refractivity contribution in [2.75, 3.05) is 6.79 Å². The van der Waals surface area contributed by atoms with Crippen LogP contribution < -0.4 is 9.47 Å². The van der Waals surface area contributed by atoms with E-state index in [-0.39, 0.29) is 24.5 Å². The maximum atomic E-state index is 10.6. The third kappa shape index (κ3) is 1.72. The van der Waals surface area contributed by atoms with Crippen LogP contribution in [-0.4, -0.2) is 23.0 Å². The van der Waals surface area contributed by atoms with E-state index in [1.807, 2.05) is 0 Å². The molecule has 2 rings (SSSR count). The Labute approximate surface area is 93.4 Å². The largest absolute Gasteiger partial charge is 0.506 e. The summed E-state index contributed by atoms with van der Waals surface area (Å²) < 4.78 is 10.6. The molecule has 0 fully saturated rings. The summed E-state index contributed by atoms with van der Waals surface area (Å²) in [5.41, 5.74) is 0.226. The van der Waals surface area contributed by atoms with E-state index in [0.717, 1.165) is 0 Å². The molecule has 80 valence electrons. The molecule has 0 aliphatic carbocycles. The second-order valence-electron chi connectivity index (χ2n) is 2.99. The van der Waals surface area contributed by atoms with Gasteiger partial charge in [-0.3, -0.25) is 4.79 Å². The quantitative estimate of drug-likeness (QED) is 0.855. The lowest BCUT2D eigenvalue weighted by molar-refractivity contribution is -0.136. The molecule has 0 amide bonds. The Morgan fingerprint density at radius 1 is 1.53 bits per heavy atom. The molecular formula is C9H7BrO5. The van der Waals surface area contributed by atoms with Gasteiger partial charge in [0.05, 0.1) is 16.5 Å². The first kappa shape index (κ1) is 10.1. The van der Waals surface area contributed by atoms with Gasteiger partial charge in [0.1, 0.15) is 5.75 Å². The first-order valence-electron chi connectivity index (χ1n) is 4.11. The van der Waals surface area contributed by atoms with Crippen LogP contribution in [0.4, 0.5) is 0 Å². The van der Waals surface area contributed by atoms with Gasteiger partial charge in [-0.2, -0.15) is 0 Å². The van der Waals surface area contributed by atoms with Gasteiger partial charge in [-0.15, -0.1) is 0 Å². The fraction of sp³-hybridized carbons (Fsp3) is 0.222. The van der Waals surface area contributed by atoms with Crippen molar-refractivity contribution in [2.24, 2.45) is 0 Å². The Balaban J connectivity index is 2.55. The number of aromatic hydroxyl groups is 1. The highest BCUT2D eigenvalue weighted by Crippen LogP contribution is 2.44. The Morgan fingerprint density at radius 2 is 2.27 bits per heavy atom. The molecule has 0 aromatic heterocycles. The number of carboxylic acids is 1. The zero-order valence-electron chi connectivity index (χ0n) is 7.49. The van der Waals surface area contributed by atoms with Gasteiger partial charge in [0.25, 0.3) is 0 Å². The maximum absolute atomic E-state index is 10.6. The molecule has 1 aliphatic heterocycles. The van der Waals surface area contributed by atoms with Crippen molar-refractivity contribution < 1.29 is 24.5 Å². The minimum atomic E-state index is -1.04. The molecule has 1 heterocycles. The number of phenolic OH excluding ortho intramolecular Hbond substituents is 1. The minimum Gasteiger partial charge on any atom is -0.506 e. The van der Waals surface area contributed by atoms with Gasteiger partial charge in [0.15, 0.2) is 11.5 Å². The lowest BCUT2D eigenvalue weighted by Crippen LogP contribution is -2.02. The summed E-state index contributed by atoms with van der Waals surface area (Å²) in [5.74, 6) is -0.420. The Hall–Kier alpha value is -1.43. The van der Waals surface area contributed by atoms with Crippen LogP contribution in [0.3, 0.4) is 0 Å². The number of phenols is 1. The second-order valence-corrected chi connectivity index (χ2v) is 3.84. The van der Waals surface area contributed by atoms with Gasteiger partial charge in [-0.25, -0.2) is 0 Å². The van der Waals surface area contributed by atoms with E-state index in [1.54, 1.807) is 6.07 Å². The predicted molar refractivity (Wildman–Crippen MR) is 53.3 cm³/mol. The molecule has 6 heteroatoms. The summed E-state index contributed by atoms with van der Waals surface area (Å²) in [6.07, 6.45) is -0.309. The SMILES string of the molecule is O=C(O)Cc1c(O)c(Br)cc2c1OCO2. The van der Waals surface area contributed by atoms with Crippen molar-refractivity contribution >= 4 is 21.9 Å². The van der Waals surface area contributed by atoms with Crippen LogP contribution in [0, 0.1) is 0 Å². The number of benzene rings is 1. The third-order valence-corrected chi connectivity index (χ3v) is 2.62. The molecule has 2 N–H and O–H groups in total. The average Bonchev–Trinajstić information content (AvgIpc) is 2.59. The van der Waals surface area contributed by atoms with Crippen LogP contribution in [0.5, 0.6) is 17.2 Å². The molecule has 0 atom stereocenters. The highest BCUT2D eigenvalue weighted by Gasteiger charge is 2.24. The van der Waals surface area contributed by atoms with E-state index in [1.165, 1.54) is 0 Å². The summed E-state index contributed by atoms with van der Waals surface area (Å²) in [7, 11) is 0. The molecular weight excluding hydrogens is 268 g/mol. The normalized spacial score (nSPS) is 12.9. The van der Waals surface area contributed by atoms with Crippen molar-refractivity contribution in [3.63, 3.8) is 0 Å². The van der Waals surface area contributed by atoms with Crippen LogP contribution in [0.25, 0.3) is 0 Å². The molecule has 0 bridgehead atoms. The molecule has 5 nitrogen and oxygen atoms in total. The molecule has 1 aliphatic rings. The van der Waals surface area contributed by atoms with E-state index in [9.17, 15) is 9.90 Å². The molecule has 1 aromatic carbocycles. The van der Waals surface area contributed by atoms with Gasteiger partial charge in [-0.05, 0) is 15.9 Å². The van der Waals surface area contributed by atoms with E-state index in [2.05, 4.69) is 15.9 Å². The van der Waals surface area contributed by atoms with Crippen LogP contribution >= 0.6 is 15.9 Å². The van der Waals surface area contributed by atoms with Crippen molar-refractivity contribution in [1.29, 1.82) is 0 Å². The van der Waals surface area contributed by atoms with Crippen LogP contribution in [0.1, 0.15) is 5.56 Å². The first-order chi connectivity index (χ1) is 7.09. The fourth-order valence-electron chi connectivity index (χ4n) is 1.38. The van der Waals surface area contributed by atoms with Crippen LogP contribution in [-0.2, 0) is 11.2 Å². The smallest absolute Gasteiger partial charge is 0.308 e. The zero-order valence-corrected chi connectivity index (χ0v) is 9.07. The van der Waals surface area contributed by atoms with Gasteiger partial charge < -0.3 is 19.7 Å². The molecule has 0 saturated heterocycles. The van der Waals surface area contributed by atoms with Gasteiger partial charge in [-0.1, -0.05) is 0 Å². The topological polar surface area (TPSA) is 76.0 Å². The number of ether oxygens (including phenoxy) is 2. The summed E-state index contributed by atoms with van der Waals surface area (Å²) in [6.45, 7) is 0.0395. The molecule has 0 saturated carbocycles. The second kappa shape index (κ2) is 3.62. The Morgan fingerprint density at radius 3 is 2.93 bits per heavy atom. The van der Waals surface area contributed by atoms with Crippen molar-refractivity contribution in [3.8, 4) is 17.2 Å². The standard InChI is InChI=1S/C9H7BrO5/c10-5-2-6-9(15-3-14-6)4(8(5)13)1-7(11)12/h2,13H,1,3H2,(H,11,12). The third-order valence-electron chi connectivity index (χ3n) is 2.01. The molecule has 0 unspecified atom stereocenters. The van der Waals surface area contributed by atoms with E-state index < -0.39 is 5.97 Å². The number of rotatable bonds is 2. The number of carbonyl (C=O) groups is 1. The highest BCUT2D eigenvalue weighted by molar-refractivity contribution is 9.10. The van der Waals surface area contributed by atoms with Crippen LogP contribution in [0.15, 0.2) is 10.5 Å². The number of hydrogen-bond donors (Lipinski definition) is 2. The maximum Gasteiger partial charge on any atom is 0.308 e. The predicted octanol–water partition coefficient (Wildman–Crippen LogP) is 1.51. The number of aliphatic carboxylic acids is 1. The summed E-state index contributed by atoms with van der Waals surface area (Å²) >= 11 is 3.11. The fourth-order valence-corrected chi connectivity index (χ4v) is 1.83. The van der Waals surface area contributed by atoms with Crippen LogP contribution in [0.2, 0.25) is 0 Å². The zero-order chi connectivity index (χ0) is 11.0. The van der Waals surface area contributed by atoms with Crippen molar-refractivity contribution in [3.05, 3.63) is 16.1 Å². The average molecular weight is 275 g/mol. The van der Waals surface area contributed by atoms with Gasteiger partial charge in [0, 0.05) is 6.07 Å². The Kier molecular flexibility index (Phi) is 2.44. The molecule has 0 radical (unpaired) electrons. The highest BCUT2D eigenvalue weighted by atomic mass is 79.9. The monoisotopic (exact) mass is 274 g/mol. The van der Waals surface area contributed by atoms with E-state index >= 15 is 0 Å². The number of fused-ring (bicyclic) bond motifs is 1.